The highest BCUT2D eigenvalue weighted by atomic mass is 32.2. The highest BCUT2D eigenvalue weighted by molar-refractivity contribution is 7.89. The number of pyridine rings is 1. The Hall–Kier alpha value is -2.49. The molecule has 0 unspecified atom stereocenters. The molecule has 1 amide bonds. The van der Waals surface area contributed by atoms with Crippen molar-refractivity contribution in [3.8, 4) is 0 Å². The van der Waals surface area contributed by atoms with Crippen LogP contribution in [0, 0.1) is 0 Å². The lowest BCUT2D eigenvalue weighted by atomic mass is 10.0. The molecule has 0 aliphatic carbocycles. The van der Waals surface area contributed by atoms with Crippen molar-refractivity contribution in [3.05, 3.63) is 54.2 Å². The van der Waals surface area contributed by atoms with Gasteiger partial charge < -0.3 is 15.0 Å². The number of anilines is 1. The van der Waals surface area contributed by atoms with Crippen molar-refractivity contribution in [2.24, 2.45) is 0 Å². The lowest BCUT2D eigenvalue weighted by Gasteiger charge is -2.33. The topological polar surface area (TPSA) is 91.8 Å². The number of ether oxygens (including phenoxy) is 1. The Bertz CT molecular complexity index is 952. The van der Waals surface area contributed by atoms with Crippen LogP contribution in [-0.2, 0) is 14.8 Å². The summed E-state index contributed by atoms with van der Waals surface area (Å²) in [7, 11) is -3.53. The van der Waals surface area contributed by atoms with E-state index in [-0.39, 0.29) is 16.8 Å². The first-order valence-corrected chi connectivity index (χ1v) is 11.6. The van der Waals surface area contributed by atoms with E-state index in [0.717, 1.165) is 31.7 Å². The molecule has 2 aromatic rings. The summed E-state index contributed by atoms with van der Waals surface area (Å²) < 4.78 is 32.1. The SMILES string of the molecule is O=C(NC1CCN(c2ccc(S(=O)(=O)N3CCOCC3)cn2)CC1)c1ccccc1. The minimum absolute atomic E-state index is 0.0511. The van der Waals surface area contributed by atoms with Crippen molar-refractivity contribution >= 4 is 21.7 Å². The zero-order chi connectivity index (χ0) is 21.0. The molecule has 9 heteroatoms. The second kappa shape index (κ2) is 9.11. The predicted octanol–water partition coefficient (Wildman–Crippen LogP) is 1.50. The Balaban J connectivity index is 1.33. The highest BCUT2D eigenvalue weighted by Gasteiger charge is 2.27. The van der Waals surface area contributed by atoms with Gasteiger partial charge in [-0.2, -0.15) is 4.31 Å². The standard InChI is InChI=1S/C21H26N4O4S/c26-21(17-4-2-1-3-5-17)23-18-8-10-24(11-9-18)20-7-6-19(16-22-20)30(27,28)25-12-14-29-15-13-25/h1-7,16,18H,8-15H2,(H,23,26). The van der Waals surface area contributed by atoms with Crippen LogP contribution < -0.4 is 10.2 Å². The molecule has 1 aromatic carbocycles. The van der Waals surface area contributed by atoms with Crippen molar-refractivity contribution in [1.82, 2.24) is 14.6 Å². The van der Waals surface area contributed by atoms with Crippen LogP contribution in [0.5, 0.6) is 0 Å². The summed E-state index contributed by atoms with van der Waals surface area (Å²) in [6, 6.07) is 12.7. The van der Waals surface area contributed by atoms with Gasteiger partial charge in [-0.1, -0.05) is 18.2 Å². The van der Waals surface area contributed by atoms with Gasteiger partial charge in [0.1, 0.15) is 10.7 Å². The molecule has 160 valence electrons. The zero-order valence-corrected chi connectivity index (χ0v) is 17.6. The number of aromatic nitrogens is 1. The minimum atomic E-state index is -3.53. The number of nitrogens with one attached hydrogen (secondary N) is 1. The lowest BCUT2D eigenvalue weighted by Crippen LogP contribution is -2.45. The fourth-order valence-electron chi connectivity index (χ4n) is 3.76. The summed E-state index contributed by atoms with van der Waals surface area (Å²) >= 11 is 0. The lowest BCUT2D eigenvalue weighted by molar-refractivity contribution is 0.0730. The predicted molar refractivity (Wildman–Crippen MR) is 113 cm³/mol. The van der Waals surface area contributed by atoms with E-state index in [1.165, 1.54) is 10.5 Å². The number of carbonyl (C=O) groups excluding carboxylic acids is 1. The third-order valence-electron chi connectivity index (χ3n) is 5.52. The maximum absolute atomic E-state index is 12.7. The van der Waals surface area contributed by atoms with Gasteiger partial charge in [-0.25, -0.2) is 13.4 Å². The number of sulfonamides is 1. The summed E-state index contributed by atoms with van der Waals surface area (Å²) in [5, 5.41) is 3.09. The quantitative estimate of drug-likeness (QED) is 0.773. The average molecular weight is 431 g/mol. The summed E-state index contributed by atoms with van der Waals surface area (Å²) in [6.07, 6.45) is 3.06. The number of carbonyl (C=O) groups is 1. The second-order valence-corrected chi connectivity index (χ2v) is 9.41. The van der Waals surface area contributed by atoms with E-state index < -0.39 is 10.0 Å². The zero-order valence-electron chi connectivity index (χ0n) is 16.7. The van der Waals surface area contributed by atoms with Crippen LogP contribution >= 0.6 is 0 Å². The fourth-order valence-corrected chi connectivity index (χ4v) is 5.11. The van der Waals surface area contributed by atoms with Gasteiger partial charge in [0, 0.05) is 44.0 Å². The van der Waals surface area contributed by atoms with E-state index in [2.05, 4.69) is 15.2 Å². The van der Waals surface area contributed by atoms with E-state index in [9.17, 15) is 13.2 Å². The van der Waals surface area contributed by atoms with Crippen LogP contribution in [0.25, 0.3) is 0 Å². The van der Waals surface area contributed by atoms with Crippen molar-refractivity contribution in [1.29, 1.82) is 0 Å². The number of rotatable bonds is 5. The normalized spacial score (nSPS) is 18.9. The Morgan fingerprint density at radius 3 is 2.33 bits per heavy atom. The molecule has 3 heterocycles. The molecule has 2 aliphatic rings. The third kappa shape index (κ3) is 4.63. The van der Waals surface area contributed by atoms with Crippen LogP contribution in [0.2, 0.25) is 0 Å². The van der Waals surface area contributed by atoms with Gasteiger partial charge in [0.15, 0.2) is 0 Å². The van der Waals surface area contributed by atoms with E-state index in [1.54, 1.807) is 24.3 Å². The fraction of sp³-hybridized carbons (Fsp3) is 0.429. The Morgan fingerprint density at radius 1 is 1.00 bits per heavy atom. The Labute approximate surface area is 176 Å². The van der Waals surface area contributed by atoms with Crippen LogP contribution in [0.4, 0.5) is 5.82 Å². The van der Waals surface area contributed by atoms with Crippen LogP contribution in [-0.4, -0.2) is 69.0 Å². The number of nitrogens with zero attached hydrogens (tertiary/aromatic N) is 3. The molecule has 1 aromatic heterocycles. The largest absolute Gasteiger partial charge is 0.379 e. The van der Waals surface area contributed by atoms with Gasteiger partial charge >= 0.3 is 0 Å². The van der Waals surface area contributed by atoms with E-state index in [4.69, 9.17) is 4.74 Å². The van der Waals surface area contributed by atoms with E-state index in [1.807, 2.05) is 18.2 Å². The van der Waals surface area contributed by atoms with Crippen LogP contribution in [0.15, 0.2) is 53.6 Å². The number of hydrogen-bond donors (Lipinski definition) is 1. The molecule has 4 rings (SSSR count). The number of benzene rings is 1. The molecule has 30 heavy (non-hydrogen) atoms. The Kier molecular flexibility index (Phi) is 6.31. The van der Waals surface area contributed by atoms with Gasteiger partial charge in [0.25, 0.3) is 5.91 Å². The van der Waals surface area contributed by atoms with Gasteiger partial charge in [0.05, 0.1) is 13.2 Å². The maximum atomic E-state index is 12.7. The van der Waals surface area contributed by atoms with Crippen molar-refractivity contribution in [2.75, 3.05) is 44.3 Å². The first-order chi connectivity index (χ1) is 14.5. The molecule has 0 saturated carbocycles. The molecule has 0 bridgehead atoms. The van der Waals surface area contributed by atoms with Crippen LogP contribution in [0.3, 0.4) is 0 Å². The number of piperidine rings is 1. The molecule has 2 fully saturated rings. The molecule has 1 N–H and O–H groups in total. The number of hydrogen-bond acceptors (Lipinski definition) is 6. The van der Waals surface area contributed by atoms with E-state index in [0.29, 0.717) is 31.9 Å². The second-order valence-electron chi connectivity index (χ2n) is 7.47. The molecular weight excluding hydrogens is 404 g/mol. The first-order valence-electron chi connectivity index (χ1n) is 10.2. The van der Waals surface area contributed by atoms with Crippen LogP contribution in [0.1, 0.15) is 23.2 Å². The minimum Gasteiger partial charge on any atom is -0.379 e. The van der Waals surface area contributed by atoms with Crippen molar-refractivity contribution < 1.29 is 17.9 Å². The maximum Gasteiger partial charge on any atom is 0.251 e. The smallest absolute Gasteiger partial charge is 0.251 e. The summed E-state index contributed by atoms with van der Waals surface area (Å²) in [4.78, 5) is 19.0. The first kappa shape index (κ1) is 20.8. The molecule has 0 spiro atoms. The molecule has 2 aliphatic heterocycles. The molecule has 0 radical (unpaired) electrons. The molecule has 0 atom stereocenters. The van der Waals surface area contributed by atoms with Gasteiger partial charge in [-0.15, -0.1) is 0 Å². The highest BCUT2D eigenvalue weighted by Crippen LogP contribution is 2.22. The van der Waals surface area contributed by atoms with Crippen molar-refractivity contribution in [3.63, 3.8) is 0 Å². The average Bonchev–Trinajstić information content (AvgIpc) is 2.81. The molecule has 8 nitrogen and oxygen atoms in total. The summed E-state index contributed by atoms with van der Waals surface area (Å²) in [6.45, 7) is 3.07. The summed E-state index contributed by atoms with van der Waals surface area (Å²) in [5.41, 5.74) is 0.665. The molecule has 2 saturated heterocycles. The monoisotopic (exact) mass is 430 g/mol. The molecular formula is C21H26N4O4S. The van der Waals surface area contributed by atoms with Gasteiger partial charge in [-0.05, 0) is 37.1 Å². The van der Waals surface area contributed by atoms with Gasteiger partial charge in [0.2, 0.25) is 10.0 Å². The van der Waals surface area contributed by atoms with Crippen molar-refractivity contribution in [2.45, 2.75) is 23.8 Å². The number of amides is 1. The van der Waals surface area contributed by atoms with Gasteiger partial charge in [-0.3, -0.25) is 4.79 Å². The Morgan fingerprint density at radius 2 is 1.70 bits per heavy atom. The van der Waals surface area contributed by atoms with E-state index >= 15 is 0 Å². The third-order valence-corrected chi connectivity index (χ3v) is 7.40. The summed E-state index contributed by atoms with van der Waals surface area (Å²) in [5.74, 6) is 0.702. The number of morpholine rings is 1.